The summed E-state index contributed by atoms with van der Waals surface area (Å²) < 4.78 is 5.32. The molecule has 5 heteroatoms. The molecule has 1 aromatic carbocycles. The van der Waals surface area contributed by atoms with Crippen LogP contribution in [0.2, 0.25) is 0 Å². The van der Waals surface area contributed by atoms with Crippen molar-refractivity contribution >= 4 is 22.8 Å². The van der Waals surface area contributed by atoms with Gasteiger partial charge in [0.15, 0.2) is 5.76 Å². The highest BCUT2D eigenvalue weighted by Crippen LogP contribution is 2.36. The number of rotatable bonds is 5. The molecule has 2 aromatic heterocycles. The summed E-state index contributed by atoms with van der Waals surface area (Å²) in [6, 6.07) is 13.6. The first-order valence-corrected chi connectivity index (χ1v) is 10.5. The van der Waals surface area contributed by atoms with E-state index in [4.69, 9.17) is 9.68 Å². The largest absolute Gasteiger partial charge is 0.442 e. The first-order valence-electron chi connectivity index (χ1n) is 9.61. The molecule has 0 aliphatic carbocycles. The van der Waals surface area contributed by atoms with Crippen molar-refractivity contribution in [3.63, 3.8) is 0 Å². The third kappa shape index (κ3) is 3.74. The lowest BCUT2D eigenvalue weighted by atomic mass is 9.97. The van der Waals surface area contributed by atoms with Crippen LogP contribution >= 0.6 is 11.3 Å². The molecule has 0 N–H and O–H groups in total. The van der Waals surface area contributed by atoms with E-state index in [0.29, 0.717) is 0 Å². The maximum Gasteiger partial charge on any atom is 0.204 e. The van der Waals surface area contributed by atoms with Gasteiger partial charge in [-0.2, -0.15) is 5.26 Å². The Morgan fingerprint density at radius 3 is 2.68 bits per heavy atom. The maximum absolute atomic E-state index is 12.7. The smallest absolute Gasteiger partial charge is 0.204 e. The molecule has 3 heterocycles. The number of thiophene rings is 1. The minimum atomic E-state index is -0.109. The second-order valence-corrected chi connectivity index (χ2v) is 8.11. The Morgan fingerprint density at radius 2 is 2.00 bits per heavy atom. The Kier molecular flexibility index (Phi) is 5.31. The fraction of sp³-hybridized carbons (Fsp3) is 0.304. The Hall–Kier alpha value is -2.84. The Bertz CT molecular complexity index is 1040. The predicted octanol–water partition coefficient (Wildman–Crippen LogP) is 5.60. The molecule has 4 rings (SSSR count). The van der Waals surface area contributed by atoms with Gasteiger partial charge in [0.05, 0.1) is 0 Å². The van der Waals surface area contributed by atoms with Gasteiger partial charge in [-0.15, -0.1) is 11.3 Å². The quantitative estimate of drug-likeness (QED) is 0.532. The number of aryl methyl sites for hydroxylation is 1. The lowest BCUT2D eigenvalue weighted by Crippen LogP contribution is -2.29. The summed E-state index contributed by atoms with van der Waals surface area (Å²) in [5.74, 6) is 0.298. The lowest BCUT2D eigenvalue weighted by Gasteiger charge is -2.29. The Morgan fingerprint density at radius 1 is 1.18 bits per heavy atom. The van der Waals surface area contributed by atoms with Crippen LogP contribution in [0.5, 0.6) is 0 Å². The summed E-state index contributed by atoms with van der Waals surface area (Å²) in [4.78, 5) is 16.4. The van der Waals surface area contributed by atoms with E-state index in [0.717, 1.165) is 24.2 Å². The van der Waals surface area contributed by atoms with E-state index in [1.165, 1.54) is 41.5 Å². The van der Waals surface area contributed by atoms with Crippen LogP contribution in [0.3, 0.4) is 0 Å². The van der Waals surface area contributed by atoms with E-state index in [1.54, 1.807) is 17.4 Å². The molecule has 0 atom stereocenters. The topological polar surface area (TPSA) is 57.2 Å². The van der Waals surface area contributed by atoms with E-state index in [1.807, 2.05) is 6.07 Å². The third-order valence-corrected chi connectivity index (χ3v) is 6.31. The number of furan rings is 1. The SMILES string of the molecule is Cc1ccsc1-c1cc(N2CCCCC2)ccc1CC(=O)c1ccc(C#N)o1. The van der Waals surface area contributed by atoms with Gasteiger partial charge in [-0.25, -0.2) is 0 Å². The Labute approximate surface area is 169 Å². The van der Waals surface area contributed by atoms with Crippen molar-refractivity contribution in [2.45, 2.75) is 32.6 Å². The average Bonchev–Trinajstić information content (AvgIpc) is 3.38. The van der Waals surface area contributed by atoms with Gasteiger partial charge in [0.25, 0.3) is 0 Å². The van der Waals surface area contributed by atoms with Crippen molar-refractivity contribution in [3.8, 4) is 16.5 Å². The van der Waals surface area contributed by atoms with E-state index in [9.17, 15) is 4.79 Å². The van der Waals surface area contributed by atoms with Crippen LogP contribution < -0.4 is 4.90 Å². The molecule has 3 aromatic rings. The zero-order valence-corrected chi connectivity index (χ0v) is 16.7. The minimum Gasteiger partial charge on any atom is -0.442 e. The van der Waals surface area contributed by atoms with Crippen molar-refractivity contribution in [2.75, 3.05) is 18.0 Å². The number of piperidine rings is 1. The van der Waals surface area contributed by atoms with E-state index < -0.39 is 0 Å². The molecular formula is C23H22N2O2S. The predicted molar refractivity (Wildman–Crippen MR) is 112 cm³/mol. The number of anilines is 1. The molecule has 0 spiro atoms. The average molecular weight is 391 g/mol. The van der Waals surface area contributed by atoms with Gasteiger partial charge in [0.1, 0.15) is 6.07 Å². The highest BCUT2D eigenvalue weighted by Gasteiger charge is 2.19. The van der Waals surface area contributed by atoms with Gasteiger partial charge in [-0.3, -0.25) is 4.79 Å². The van der Waals surface area contributed by atoms with E-state index >= 15 is 0 Å². The lowest BCUT2D eigenvalue weighted by molar-refractivity contribution is 0.0966. The van der Waals surface area contributed by atoms with Gasteiger partial charge < -0.3 is 9.32 Å². The molecule has 0 amide bonds. The summed E-state index contributed by atoms with van der Waals surface area (Å²) in [5.41, 5.74) is 4.56. The molecule has 1 fully saturated rings. The van der Waals surface area contributed by atoms with Gasteiger partial charge in [-0.05, 0) is 78.6 Å². The van der Waals surface area contributed by atoms with Crippen LogP contribution in [-0.2, 0) is 6.42 Å². The van der Waals surface area contributed by atoms with Crippen molar-refractivity contribution in [1.29, 1.82) is 5.26 Å². The fourth-order valence-corrected chi connectivity index (χ4v) is 4.71. The zero-order valence-electron chi connectivity index (χ0n) is 15.9. The summed E-state index contributed by atoms with van der Waals surface area (Å²) in [5, 5.41) is 11.0. The first kappa shape index (κ1) is 18.5. The molecule has 4 nitrogen and oxygen atoms in total. The van der Waals surface area contributed by atoms with Gasteiger partial charge >= 0.3 is 0 Å². The summed E-state index contributed by atoms with van der Waals surface area (Å²) in [6.45, 7) is 4.28. The van der Waals surface area contributed by atoms with Gasteiger partial charge in [-0.1, -0.05) is 6.07 Å². The van der Waals surface area contributed by atoms with E-state index in [-0.39, 0.29) is 23.7 Å². The van der Waals surface area contributed by atoms with Crippen molar-refractivity contribution < 1.29 is 9.21 Å². The number of benzene rings is 1. The number of ketones is 1. The number of hydrogen-bond donors (Lipinski definition) is 0. The summed E-state index contributed by atoms with van der Waals surface area (Å²) in [7, 11) is 0. The molecule has 0 saturated carbocycles. The van der Waals surface area contributed by atoms with Crippen molar-refractivity contribution in [3.05, 3.63) is 64.4 Å². The first-order chi connectivity index (χ1) is 13.7. The van der Waals surface area contributed by atoms with E-state index in [2.05, 4.69) is 41.5 Å². The van der Waals surface area contributed by atoms with Crippen LogP contribution in [0.15, 0.2) is 46.2 Å². The number of Topliss-reactive ketones (excluding diaryl/α,β-unsaturated/α-hetero) is 1. The van der Waals surface area contributed by atoms with Crippen molar-refractivity contribution in [1.82, 2.24) is 0 Å². The molecule has 142 valence electrons. The van der Waals surface area contributed by atoms with Crippen LogP contribution in [0.1, 0.15) is 46.7 Å². The molecule has 0 radical (unpaired) electrons. The second-order valence-electron chi connectivity index (χ2n) is 7.20. The van der Waals surface area contributed by atoms with Gasteiger partial charge in [0, 0.05) is 30.1 Å². The molecule has 1 aliphatic rings. The van der Waals surface area contributed by atoms with Crippen LogP contribution in [0.4, 0.5) is 5.69 Å². The number of hydrogen-bond acceptors (Lipinski definition) is 5. The molecular weight excluding hydrogens is 368 g/mol. The molecule has 1 saturated heterocycles. The molecule has 0 unspecified atom stereocenters. The van der Waals surface area contributed by atoms with Crippen LogP contribution in [0.25, 0.3) is 10.4 Å². The Balaban J connectivity index is 1.68. The van der Waals surface area contributed by atoms with Crippen LogP contribution in [-0.4, -0.2) is 18.9 Å². The maximum atomic E-state index is 12.7. The monoisotopic (exact) mass is 390 g/mol. The highest BCUT2D eigenvalue weighted by molar-refractivity contribution is 7.13. The minimum absolute atomic E-state index is 0.109. The van der Waals surface area contributed by atoms with Crippen LogP contribution in [0, 0.1) is 18.3 Å². The number of carbonyl (C=O) groups is 1. The molecule has 1 aliphatic heterocycles. The van der Waals surface area contributed by atoms with Gasteiger partial charge in [0.2, 0.25) is 11.5 Å². The van der Waals surface area contributed by atoms with Crippen molar-refractivity contribution in [2.24, 2.45) is 0 Å². The number of nitrogens with zero attached hydrogens (tertiary/aromatic N) is 2. The number of nitriles is 1. The molecule has 0 bridgehead atoms. The number of carbonyl (C=O) groups excluding carboxylic acids is 1. The standard InChI is InChI=1S/C23H22N2O2S/c1-16-9-12-28-23(16)20-14-18(25-10-3-2-4-11-25)6-5-17(20)13-21(26)22-8-7-19(15-24)27-22/h5-9,12,14H,2-4,10-11,13H2,1H3. The normalized spacial score (nSPS) is 14.1. The summed E-state index contributed by atoms with van der Waals surface area (Å²) in [6.07, 6.45) is 4.01. The zero-order chi connectivity index (χ0) is 19.5. The third-order valence-electron chi connectivity index (χ3n) is 5.26. The molecule has 28 heavy (non-hydrogen) atoms. The fourth-order valence-electron chi connectivity index (χ4n) is 3.74. The second kappa shape index (κ2) is 8.04. The highest BCUT2D eigenvalue weighted by atomic mass is 32.1. The summed E-state index contributed by atoms with van der Waals surface area (Å²) >= 11 is 1.71.